The van der Waals surface area contributed by atoms with Gasteiger partial charge in [0, 0.05) is 11.1 Å². The Morgan fingerprint density at radius 1 is 1.04 bits per heavy atom. The number of methoxy groups -OCH3 is 1. The van der Waals surface area contributed by atoms with Crippen molar-refractivity contribution in [1.82, 2.24) is 4.98 Å². The maximum absolute atomic E-state index is 11.9. The first kappa shape index (κ1) is 16.7. The number of ether oxygens (including phenoxy) is 1. The predicted molar refractivity (Wildman–Crippen MR) is 97.5 cm³/mol. The molecule has 4 heteroatoms. The molecule has 0 amide bonds. The largest absolute Gasteiger partial charge is 0.505 e. The Bertz CT molecular complexity index is 887. The number of hydrogen-bond acceptors (Lipinski definition) is 4. The van der Waals surface area contributed by atoms with Gasteiger partial charge in [0.1, 0.15) is 5.75 Å². The van der Waals surface area contributed by atoms with Crippen LogP contribution in [0.15, 0.2) is 60.7 Å². The Morgan fingerprint density at radius 3 is 2.32 bits per heavy atom. The maximum Gasteiger partial charge on any atom is 0.360 e. The molecule has 0 unspecified atom stereocenters. The number of hydrogen-bond donors (Lipinski definition) is 1. The summed E-state index contributed by atoms with van der Waals surface area (Å²) in [6, 6.07) is 19.2. The number of pyridine rings is 1. The normalized spacial score (nSPS) is 10.5. The molecular formula is C21H19NO3. The zero-order valence-electron chi connectivity index (χ0n) is 14.2. The molecule has 0 radical (unpaired) electrons. The average Bonchev–Trinajstić information content (AvgIpc) is 2.68. The fourth-order valence-electron chi connectivity index (χ4n) is 2.71. The molecule has 126 valence electrons. The summed E-state index contributed by atoms with van der Waals surface area (Å²) in [6.07, 6.45) is 0.955. The molecule has 0 bridgehead atoms. The topological polar surface area (TPSA) is 59.4 Å². The number of aromatic hydroxyl groups is 1. The van der Waals surface area contributed by atoms with Crippen LogP contribution in [-0.2, 0) is 11.2 Å². The third-order valence-corrected chi connectivity index (χ3v) is 4.10. The van der Waals surface area contributed by atoms with Crippen molar-refractivity contribution in [1.29, 1.82) is 0 Å². The van der Waals surface area contributed by atoms with Crippen molar-refractivity contribution >= 4 is 5.97 Å². The predicted octanol–water partition coefficient (Wildman–Crippen LogP) is 4.47. The van der Waals surface area contributed by atoms with Gasteiger partial charge in [-0.25, -0.2) is 9.78 Å². The Balaban J connectivity index is 2.22. The van der Waals surface area contributed by atoms with Crippen LogP contribution < -0.4 is 0 Å². The maximum atomic E-state index is 11.9. The van der Waals surface area contributed by atoms with Gasteiger partial charge in [0.25, 0.3) is 0 Å². The van der Waals surface area contributed by atoms with Gasteiger partial charge in [-0.1, -0.05) is 61.5 Å². The van der Waals surface area contributed by atoms with Gasteiger partial charge in [-0.05, 0) is 23.6 Å². The van der Waals surface area contributed by atoms with Crippen molar-refractivity contribution in [2.45, 2.75) is 13.3 Å². The van der Waals surface area contributed by atoms with Crippen molar-refractivity contribution in [3.05, 3.63) is 71.9 Å². The molecule has 4 nitrogen and oxygen atoms in total. The Hall–Kier alpha value is -3.14. The van der Waals surface area contributed by atoms with E-state index in [1.54, 1.807) is 6.07 Å². The van der Waals surface area contributed by atoms with E-state index in [1.807, 2.05) is 42.5 Å². The van der Waals surface area contributed by atoms with Crippen LogP contribution in [0.5, 0.6) is 5.75 Å². The highest BCUT2D eigenvalue weighted by Gasteiger charge is 2.19. The van der Waals surface area contributed by atoms with Crippen LogP contribution in [0.3, 0.4) is 0 Å². The van der Waals surface area contributed by atoms with Gasteiger partial charge >= 0.3 is 5.97 Å². The van der Waals surface area contributed by atoms with Crippen LogP contribution in [0.4, 0.5) is 0 Å². The molecule has 0 aliphatic heterocycles. The van der Waals surface area contributed by atoms with E-state index in [1.165, 1.54) is 12.7 Å². The van der Waals surface area contributed by atoms with Gasteiger partial charge in [0.05, 0.1) is 12.8 Å². The van der Waals surface area contributed by atoms with Crippen molar-refractivity contribution in [3.63, 3.8) is 0 Å². The molecule has 0 saturated carbocycles. The molecule has 25 heavy (non-hydrogen) atoms. The highest BCUT2D eigenvalue weighted by atomic mass is 16.5. The van der Waals surface area contributed by atoms with E-state index < -0.39 is 5.97 Å². The number of aryl methyl sites for hydroxylation is 1. The summed E-state index contributed by atoms with van der Waals surface area (Å²) < 4.78 is 4.72. The van der Waals surface area contributed by atoms with Gasteiger partial charge in [-0.15, -0.1) is 0 Å². The van der Waals surface area contributed by atoms with Crippen molar-refractivity contribution in [2.24, 2.45) is 0 Å². The SMILES string of the molecule is CCc1ccc(-c2cc(O)c(C(=O)OC)nc2-c2ccccc2)cc1. The van der Waals surface area contributed by atoms with Crippen LogP contribution in [0, 0.1) is 0 Å². The second-order valence-corrected chi connectivity index (χ2v) is 5.66. The second-order valence-electron chi connectivity index (χ2n) is 5.66. The molecule has 0 spiro atoms. The number of rotatable bonds is 4. The molecule has 0 aliphatic rings. The number of benzene rings is 2. The molecule has 0 saturated heterocycles. The molecule has 0 aliphatic carbocycles. The molecule has 0 atom stereocenters. The van der Waals surface area contributed by atoms with Crippen LogP contribution in [0.2, 0.25) is 0 Å². The lowest BCUT2D eigenvalue weighted by Crippen LogP contribution is -2.06. The van der Waals surface area contributed by atoms with E-state index in [-0.39, 0.29) is 11.4 Å². The summed E-state index contributed by atoms with van der Waals surface area (Å²) in [5.41, 5.74) is 4.32. The van der Waals surface area contributed by atoms with E-state index in [9.17, 15) is 9.90 Å². The third-order valence-electron chi connectivity index (χ3n) is 4.10. The smallest absolute Gasteiger partial charge is 0.360 e. The number of carbonyl (C=O) groups is 1. The van der Waals surface area contributed by atoms with Crippen LogP contribution in [0.25, 0.3) is 22.4 Å². The highest BCUT2D eigenvalue weighted by molar-refractivity contribution is 5.93. The molecule has 1 N–H and O–H groups in total. The molecule has 1 heterocycles. The molecular weight excluding hydrogens is 314 g/mol. The minimum absolute atomic E-state index is 0.0877. The Kier molecular flexibility index (Phi) is 4.80. The van der Waals surface area contributed by atoms with Gasteiger partial charge in [0.2, 0.25) is 0 Å². The van der Waals surface area contributed by atoms with Crippen molar-refractivity contribution in [3.8, 4) is 28.1 Å². The minimum atomic E-state index is -0.664. The summed E-state index contributed by atoms with van der Waals surface area (Å²) in [5, 5.41) is 10.3. The Labute approximate surface area is 146 Å². The fraction of sp³-hybridized carbons (Fsp3) is 0.143. The standard InChI is InChI=1S/C21H19NO3/c1-3-14-9-11-15(12-10-14)17-13-18(23)20(21(24)25-2)22-19(17)16-7-5-4-6-8-16/h4-13,23H,3H2,1-2H3. The quantitative estimate of drug-likeness (QED) is 0.716. The monoisotopic (exact) mass is 333 g/mol. The zero-order valence-corrected chi connectivity index (χ0v) is 14.2. The first-order valence-electron chi connectivity index (χ1n) is 8.11. The average molecular weight is 333 g/mol. The lowest BCUT2D eigenvalue weighted by Gasteiger charge is -2.13. The first-order valence-corrected chi connectivity index (χ1v) is 8.11. The van der Waals surface area contributed by atoms with Crippen LogP contribution in [-0.4, -0.2) is 23.2 Å². The van der Waals surface area contributed by atoms with Crippen molar-refractivity contribution < 1.29 is 14.6 Å². The number of esters is 1. The van der Waals surface area contributed by atoms with E-state index >= 15 is 0 Å². The van der Waals surface area contributed by atoms with Gasteiger partial charge in [-0.3, -0.25) is 0 Å². The third kappa shape index (κ3) is 3.38. The van der Waals surface area contributed by atoms with Crippen LogP contribution >= 0.6 is 0 Å². The summed E-state index contributed by atoms with van der Waals surface area (Å²) >= 11 is 0. The van der Waals surface area contributed by atoms with E-state index in [0.29, 0.717) is 5.69 Å². The summed E-state index contributed by atoms with van der Waals surface area (Å²) in [7, 11) is 1.27. The van der Waals surface area contributed by atoms with Gasteiger partial charge in [-0.2, -0.15) is 0 Å². The fourth-order valence-corrected chi connectivity index (χ4v) is 2.71. The van der Waals surface area contributed by atoms with Crippen molar-refractivity contribution in [2.75, 3.05) is 7.11 Å². The van der Waals surface area contributed by atoms with Gasteiger partial charge < -0.3 is 9.84 Å². The number of aromatic nitrogens is 1. The number of nitrogens with zero attached hydrogens (tertiary/aromatic N) is 1. The summed E-state index contributed by atoms with van der Waals surface area (Å²) in [6.45, 7) is 2.10. The molecule has 0 fully saturated rings. The molecule has 1 aromatic heterocycles. The lowest BCUT2D eigenvalue weighted by atomic mass is 9.97. The molecule has 3 aromatic rings. The lowest BCUT2D eigenvalue weighted by molar-refractivity contribution is 0.0590. The second kappa shape index (κ2) is 7.18. The first-order chi connectivity index (χ1) is 12.1. The molecule has 3 rings (SSSR count). The van der Waals surface area contributed by atoms with Gasteiger partial charge in [0.15, 0.2) is 5.69 Å². The number of carbonyl (C=O) groups excluding carboxylic acids is 1. The molecule has 2 aromatic carbocycles. The van der Waals surface area contributed by atoms with E-state index in [2.05, 4.69) is 24.0 Å². The van der Waals surface area contributed by atoms with Crippen LogP contribution in [0.1, 0.15) is 23.0 Å². The summed E-state index contributed by atoms with van der Waals surface area (Å²) in [5.74, 6) is -0.858. The summed E-state index contributed by atoms with van der Waals surface area (Å²) in [4.78, 5) is 16.3. The van der Waals surface area contributed by atoms with E-state index in [4.69, 9.17) is 4.74 Å². The minimum Gasteiger partial charge on any atom is -0.505 e. The zero-order chi connectivity index (χ0) is 17.8. The van der Waals surface area contributed by atoms with E-state index in [0.717, 1.165) is 23.1 Å². The Morgan fingerprint density at radius 2 is 1.72 bits per heavy atom. The highest BCUT2D eigenvalue weighted by Crippen LogP contribution is 2.35.